The maximum Gasteiger partial charge on any atom is 0.219 e. The summed E-state index contributed by atoms with van der Waals surface area (Å²) in [4.78, 5) is 4.00. The molecule has 1 saturated heterocycles. The van der Waals surface area contributed by atoms with E-state index in [-0.39, 0.29) is 6.29 Å². The van der Waals surface area contributed by atoms with Gasteiger partial charge in [-0.15, -0.1) is 0 Å². The van der Waals surface area contributed by atoms with Crippen LogP contribution < -0.4 is 0 Å². The summed E-state index contributed by atoms with van der Waals surface area (Å²) in [5, 5.41) is 3.91. The lowest BCUT2D eigenvalue weighted by molar-refractivity contribution is -0.0530. The molecule has 5 heteroatoms. The molecule has 0 radical (unpaired) electrons. The lowest BCUT2D eigenvalue weighted by atomic mass is 10.6. The normalized spacial score (nSPS) is 19.4. The van der Waals surface area contributed by atoms with Crippen LogP contribution in [0, 0.1) is 0 Å². The second kappa shape index (κ2) is 2.60. The number of rotatable bonds is 1. The van der Waals surface area contributed by atoms with Crippen LogP contribution in [0.5, 0.6) is 0 Å². The van der Waals surface area contributed by atoms with E-state index in [1.54, 1.807) is 4.68 Å². The van der Waals surface area contributed by atoms with E-state index in [0.29, 0.717) is 13.2 Å². The number of aromatic nitrogens is 3. The van der Waals surface area contributed by atoms with Crippen molar-refractivity contribution in [1.29, 1.82) is 0 Å². The van der Waals surface area contributed by atoms with E-state index in [9.17, 15) is 0 Å². The standard InChI is InChI=1S/C6H9N3O2/c1-9-5(7-4-8-9)6-10-2-3-11-6/h4,6H,2-3H2,1H3. The van der Waals surface area contributed by atoms with Crippen LogP contribution in [0.3, 0.4) is 0 Å². The fraction of sp³-hybridized carbons (Fsp3) is 0.667. The minimum atomic E-state index is -0.317. The van der Waals surface area contributed by atoms with Crippen molar-refractivity contribution in [3.63, 3.8) is 0 Å². The molecule has 0 saturated carbocycles. The Kier molecular flexibility index (Phi) is 1.59. The molecule has 0 unspecified atom stereocenters. The first-order valence-electron chi connectivity index (χ1n) is 3.45. The van der Waals surface area contributed by atoms with E-state index in [2.05, 4.69) is 10.1 Å². The minimum absolute atomic E-state index is 0.317. The van der Waals surface area contributed by atoms with Gasteiger partial charge in [0.05, 0.1) is 13.2 Å². The molecule has 0 N–H and O–H groups in total. The van der Waals surface area contributed by atoms with Crippen LogP contribution in [0.25, 0.3) is 0 Å². The Morgan fingerprint density at radius 1 is 1.55 bits per heavy atom. The van der Waals surface area contributed by atoms with Crippen molar-refractivity contribution in [2.45, 2.75) is 6.29 Å². The SMILES string of the molecule is Cn1ncnc1C1OCCO1. The van der Waals surface area contributed by atoms with Crippen molar-refractivity contribution in [2.75, 3.05) is 13.2 Å². The van der Waals surface area contributed by atoms with Gasteiger partial charge in [0, 0.05) is 7.05 Å². The van der Waals surface area contributed by atoms with E-state index in [4.69, 9.17) is 9.47 Å². The Hall–Kier alpha value is -0.940. The third kappa shape index (κ3) is 1.12. The van der Waals surface area contributed by atoms with Crippen LogP contribution in [-0.4, -0.2) is 28.0 Å². The molecular formula is C6H9N3O2. The maximum atomic E-state index is 5.23. The maximum absolute atomic E-state index is 5.23. The summed E-state index contributed by atoms with van der Waals surface area (Å²) in [7, 11) is 1.81. The number of hydrogen-bond acceptors (Lipinski definition) is 4. The molecule has 0 aromatic carbocycles. The van der Waals surface area contributed by atoms with Crippen LogP contribution in [0.15, 0.2) is 6.33 Å². The fourth-order valence-corrected chi connectivity index (χ4v) is 1.03. The van der Waals surface area contributed by atoms with E-state index < -0.39 is 0 Å². The van der Waals surface area contributed by atoms with Gasteiger partial charge in [-0.25, -0.2) is 9.67 Å². The van der Waals surface area contributed by atoms with Gasteiger partial charge in [0.1, 0.15) is 6.33 Å². The first kappa shape index (κ1) is 6.75. The second-order valence-corrected chi connectivity index (χ2v) is 2.32. The van der Waals surface area contributed by atoms with Crippen molar-refractivity contribution in [1.82, 2.24) is 14.8 Å². The van der Waals surface area contributed by atoms with Crippen molar-refractivity contribution < 1.29 is 9.47 Å². The van der Waals surface area contributed by atoms with E-state index in [0.717, 1.165) is 5.82 Å². The van der Waals surface area contributed by atoms with Crippen LogP contribution >= 0.6 is 0 Å². The smallest absolute Gasteiger partial charge is 0.219 e. The van der Waals surface area contributed by atoms with Crippen molar-refractivity contribution in [3.8, 4) is 0 Å². The van der Waals surface area contributed by atoms with Gasteiger partial charge >= 0.3 is 0 Å². The Bertz CT molecular complexity index is 242. The summed E-state index contributed by atoms with van der Waals surface area (Å²) in [6.07, 6.45) is 1.17. The highest BCUT2D eigenvalue weighted by atomic mass is 16.7. The van der Waals surface area contributed by atoms with Gasteiger partial charge in [-0.2, -0.15) is 5.10 Å². The predicted molar refractivity (Wildman–Crippen MR) is 35.6 cm³/mol. The average molecular weight is 155 g/mol. The van der Waals surface area contributed by atoms with Crippen LogP contribution in [0.2, 0.25) is 0 Å². The third-order valence-electron chi connectivity index (χ3n) is 1.58. The first-order chi connectivity index (χ1) is 5.38. The Labute approximate surface area is 63.9 Å². The second-order valence-electron chi connectivity index (χ2n) is 2.32. The molecule has 5 nitrogen and oxygen atoms in total. The third-order valence-corrected chi connectivity index (χ3v) is 1.58. The number of aryl methyl sites for hydroxylation is 1. The van der Waals surface area contributed by atoms with Crippen molar-refractivity contribution in [2.24, 2.45) is 7.05 Å². The van der Waals surface area contributed by atoms with Gasteiger partial charge in [-0.3, -0.25) is 0 Å². The van der Waals surface area contributed by atoms with Gasteiger partial charge < -0.3 is 9.47 Å². The van der Waals surface area contributed by atoms with Gasteiger partial charge in [0.2, 0.25) is 6.29 Å². The molecule has 1 aromatic heterocycles. The quantitative estimate of drug-likeness (QED) is 0.566. The Morgan fingerprint density at radius 2 is 2.27 bits per heavy atom. The zero-order valence-electron chi connectivity index (χ0n) is 6.23. The molecule has 0 aliphatic carbocycles. The Balaban J connectivity index is 2.21. The molecular weight excluding hydrogens is 146 g/mol. The van der Waals surface area contributed by atoms with E-state index >= 15 is 0 Å². The number of hydrogen-bond donors (Lipinski definition) is 0. The lowest BCUT2D eigenvalue weighted by Crippen LogP contribution is -2.07. The molecule has 1 aliphatic heterocycles. The molecule has 1 aliphatic rings. The molecule has 1 aromatic rings. The van der Waals surface area contributed by atoms with Crippen LogP contribution in [0.4, 0.5) is 0 Å². The average Bonchev–Trinajstić information content (AvgIpc) is 2.55. The largest absolute Gasteiger partial charge is 0.343 e. The number of ether oxygens (including phenoxy) is 2. The summed E-state index contributed by atoms with van der Waals surface area (Å²) in [6, 6.07) is 0. The first-order valence-corrected chi connectivity index (χ1v) is 3.45. The highest BCUT2D eigenvalue weighted by Crippen LogP contribution is 2.19. The molecule has 0 bridgehead atoms. The molecule has 60 valence electrons. The summed E-state index contributed by atoms with van der Waals surface area (Å²) in [5.41, 5.74) is 0. The fourth-order valence-electron chi connectivity index (χ4n) is 1.03. The van der Waals surface area contributed by atoms with Crippen molar-refractivity contribution in [3.05, 3.63) is 12.2 Å². The topological polar surface area (TPSA) is 49.2 Å². The molecule has 0 atom stereocenters. The zero-order valence-corrected chi connectivity index (χ0v) is 6.23. The molecule has 11 heavy (non-hydrogen) atoms. The molecule has 1 fully saturated rings. The summed E-state index contributed by atoms with van der Waals surface area (Å²) in [5.74, 6) is 0.725. The van der Waals surface area contributed by atoms with Crippen LogP contribution in [-0.2, 0) is 16.5 Å². The van der Waals surface area contributed by atoms with E-state index in [1.165, 1.54) is 6.33 Å². The summed E-state index contributed by atoms with van der Waals surface area (Å²) >= 11 is 0. The van der Waals surface area contributed by atoms with Gasteiger partial charge in [0.25, 0.3) is 0 Å². The van der Waals surface area contributed by atoms with Gasteiger partial charge in [0.15, 0.2) is 5.82 Å². The van der Waals surface area contributed by atoms with Gasteiger partial charge in [-0.05, 0) is 0 Å². The molecule has 0 spiro atoms. The van der Waals surface area contributed by atoms with Gasteiger partial charge in [-0.1, -0.05) is 0 Å². The number of nitrogens with zero attached hydrogens (tertiary/aromatic N) is 3. The molecule has 2 heterocycles. The highest BCUT2D eigenvalue weighted by molar-refractivity contribution is 4.86. The van der Waals surface area contributed by atoms with Crippen LogP contribution in [0.1, 0.15) is 12.1 Å². The van der Waals surface area contributed by atoms with Crippen molar-refractivity contribution >= 4 is 0 Å². The zero-order chi connectivity index (χ0) is 7.68. The monoisotopic (exact) mass is 155 g/mol. The Morgan fingerprint density at radius 3 is 2.82 bits per heavy atom. The summed E-state index contributed by atoms with van der Waals surface area (Å²) in [6.45, 7) is 1.27. The molecule has 2 rings (SSSR count). The predicted octanol–water partition coefficient (Wildman–Crippen LogP) is -0.139. The highest BCUT2D eigenvalue weighted by Gasteiger charge is 2.22. The van der Waals surface area contributed by atoms with E-state index in [1.807, 2.05) is 7.05 Å². The lowest BCUT2D eigenvalue weighted by Gasteiger charge is -2.05. The molecule has 0 amide bonds. The minimum Gasteiger partial charge on any atom is -0.343 e. The summed E-state index contributed by atoms with van der Waals surface area (Å²) < 4.78 is 12.1.